The zero-order valence-corrected chi connectivity index (χ0v) is 17.1. The Hall–Kier alpha value is -3.67. The van der Waals surface area contributed by atoms with Crippen molar-refractivity contribution in [2.24, 2.45) is 0 Å². The summed E-state index contributed by atoms with van der Waals surface area (Å²) in [6.45, 7) is 0. The van der Waals surface area contributed by atoms with Crippen molar-refractivity contribution in [3.63, 3.8) is 0 Å². The fourth-order valence-corrected chi connectivity index (χ4v) is 3.16. The summed E-state index contributed by atoms with van der Waals surface area (Å²) in [6, 6.07) is 20.2. The molecule has 0 atom stereocenters. The van der Waals surface area contributed by atoms with E-state index in [1.165, 1.54) is 0 Å². The van der Waals surface area contributed by atoms with Crippen LogP contribution < -0.4 is 15.5 Å². The van der Waals surface area contributed by atoms with Gasteiger partial charge in [0.2, 0.25) is 0 Å². The Morgan fingerprint density at radius 1 is 0.621 bits per heavy atom. The largest absolute Gasteiger partial charge is 0.383 e. The molecule has 0 amide bonds. The molecule has 0 radical (unpaired) electrons. The van der Waals surface area contributed by atoms with E-state index in [0.717, 1.165) is 33.6 Å². The van der Waals surface area contributed by atoms with E-state index in [1.807, 2.05) is 64.6 Å². The van der Waals surface area contributed by atoms with E-state index in [0.29, 0.717) is 17.3 Å². The maximum absolute atomic E-state index is 6.21. The second kappa shape index (κ2) is 7.39. The second-order valence-corrected chi connectivity index (χ2v) is 7.38. The van der Waals surface area contributed by atoms with Gasteiger partial charge < -0.3 is 15.5 Å². The molecule has 2 heterocycles. The van der Waals surface area contributed by atoms with Crippen molar-refractivity contribution >= 4 is 28.2 Å². The van der Waals surface area contributed by atoms with Gasteiger partial charge in [-0.1, -0.05) is 12.1 Å². The summed E-state index contributed by atoms with van der Waals surface area (Å²) in [6.07, 6.45) is 0. The van der Waals surface area contributed by atoms with Crippen molar-refractivity contribution in [3.05, 3.63) is 60.7 Å². The molecule has 0 spiro atoms. The molecule has 2 aromatic carbocycles. The van der Waals surface area contributed by atoms with Crippen LogP contribution in [0, 0.1) is 0 Å². The molecule has 0 aliphatic rings. The first-order valence-electron chi connectivity index (χ1n) is 9.42. The molecular formula is C23H24N6. The molecule has 4 rings (SSSR count). The van der Waals surface area contributed by atoms with E-state index in [1.54, 1.807) is 0 Å². The highest BCUT2D eigenvalue weighted by molar-refractivity contribution is 5.88. The predicted octanol–water partition coefficient (Wildman–Crippen LogP) is 4.07. The number of rotatable bonds is 4. The van der Waals surface area contributed by atoms with Crippen molar-refractivity contribution in [3.8, 4) is 22.6 Å². The lowest BCUT2D eigenvalue weighted by atomic mass is 10.1. The Morgan fingerprint density at radius 3 is 1.72 bits per heavy atom. The van der Waals surface area contributed by atoms with Crippen LogP contribution in [0.5, 0.6) is 0 Å². The lowest BCUT2D eigenvalue weighted by Gasteiger charge is -2.13. The quantitative estimate of drug-likeness (QED) is 0.572. The lowest BCUT2D eigenvalue weighted by Crippen LogP contribution is -2.08. The van der Waals surface area contributed by atoms with E-state index >= 15 is 0 Å². The van der Waals surface area contributed by atoms with Gasteiger partial charge in [0.25, 0.3) is 0 Å². The molecule has 146 valence electrons. The molecule has 2 N–H and O–H groups in total. The number of pyridine rings is 1. The third-order valence-electron chi connectivity index (χ3n) is 4.91. The number of nitrogens with zero attached hydrogens (tertiary/aromatic N) is 5. The van der Waals surface area contributed by atoms with Crippen LogP contribution in [0.15, 0.2) is 60.7 Å². The van der Waals surface area contributed by atoms with Gasteiger partial charge in [0.1, 0.15) is 5.82 Å². The molecule has 0 aliphatic carbocycles. The standard InChI is InChI=1S/C23H24N6/c1-28(2)17-9-5-15(6-10-17)20-14-13-19-21(24)26-22(27-23(19)25-20)16-7-11-18(12-8-16)29(3)4/h5-14H,1-4H3,(H2,24,25,26,27). The van der Waals surface area contributed by atoms with Gasteiger partial charge >= 0.3 is 0 Å². The first-order chi connectivity index (χ1) is 13.9. The number of nitrogens with two attached hydrogens (primary N) is 1. The molecular weight excluding hydrogens is 360 g/mol. The highest BCUT2D eigenvalue weighted by atomic mass is 15.1. The highest BCUT2D eigenvalue weighted by Gasteiger charge is 2.11. The van der Waals surface area contributed by atoms with E-state index in [2.05, 4.69) is 44.0 Å². The Kier molecular flexibility index (Phi) is 4.76. The first kappa shape index (κ1) is 18.7. The maximum Gasteiger partial charge on any atom is 0.165 e. The zero-order chi connectivity index (χ0) is 20.5. The monoisotopic (exact) mass is 384 g/mol. The lowest BCUT2D eigenvalue weighted by molar-refractivity contribution is 1.13. The Balaban J connectivity index is 1.75. The molecule has 29 heavy (non-hydrogen) atoms. The van der Waals surface area contributed by atoms with Crippen molar-refractivity contribution in [1.29, 1.82) is 0 Å². The van der Waals surface area contributed by atoms with Crippen LogP contribution in [0.3, 0.4) is 0 Å². The summed E-state index contributed by atoms with van der Waals surface area (Å²) in [7, 11) is 8.07. The number of hydrogen-bond acceptors (Lipinski definition) is 6. The summed E-state index contributed by atoms with van der Waals surface area (Å²) < 4.78 is 0. The molecule has 4 aromatic rings. The molecule has 6 nitrogen and oxygen atoms in total. The molecule has 0 saturated heterocycles. The fraction of sp³-hybridized carbons (Fsp3) is 0.174. The third kappa shape index (κ3) is 3.69. The molecule has 2 aromatic heterocycles. The van der Waals surface area contributed by atoms with Crippen LogP contribution in [0.4, 0.5) is 17.2 Å². The zero-order valence-electron chi connectivity index (χ0n) is 17.1. The summed E-state index contributed by atoms with van der Waals surface area (Å²) in [4.78, 5) is 18.1. The van der Waals surface area contributed by atoms with Crippen LogP contribution in [0.2, 0.25) is 0 Å². The number of anilines is 3. The number of benzene rings is 2. The summed E-state index contributed by atoms with van der Waals surface area (Å²) >= 11 is 0. The van der Waals surface area contributed by atoms with E-state index in [9.17, 15) is 0 Å². The molecule has 0 saturated carbocycles. The Morgan fingerprint density at radius 2 is 1.17 bits per heavy atom. The third-order valence-corrected chi connectivity index (χ3v) is 4.91. The molecule has 6 heteroatoms. The average molecular weight is 384 g/mol. The highest BCUT2D eigenvalue weighted by Crippen LogP contribution is 2.27. The topological polar surface area (TPSA) is 71.2 Å². The number of fused-ring (bicyclic) bond motifs is 1. The van der Waals surface area contributed by atoms with Gasteiger partial charge in [-0.15, -0.1) is 0 Å². The molecule has 0 fully saturated rings. The molecule has 0 bridgehead atoms. The van der Waals surface area contributed by atoms with Gasteiger partial charge in [0, 0.05) is 50.7 Å². The molecule has 0 unspecified atom stereocenters. The van der Waals surface area contributed by atoms with Gasteiger partial charge in [-0.2, -0.15) is 0 Å². The van der Waals surface area contributed by atoms with E-state index in [-0.39, 0.29) is 0 Å². The van der Waals surface area contributed by atoms with E-state index < -0.39 is 0 Å². The molecule has 0 aliphatic heterocycles. The second-order valence-electron chi connectivity index (χ2n) is 7.38. The summed E-state index contributed by atoms with van der Waals surface area (Å²) in [5.41, 5.74) is 11.9. The Bertz CT molecular complexity index is 1140. The van der Waals surface area contributed by atoms with Crippen LogP contribution in [0.25, 0.3) is 33.7 Å². The van der Waals surface area contributed by atoms with Crippen molar-refractivity contribution in [2.75, 3.05) is 43.7 Å². The van der Waals surface area contributed by atoms with Gasteiger partial charge in [0.15, 0.2) is 11.5 Å². The van der Waals surface area contributed by atoms with Crippen LogP contribution in [-0.2, 0) is 0 Å². The SMILES string of the molecule is CN(C)c1ccc(-c2ccc3c(N)nc(-c4ccc(N(C)C)cc4)nc3n2)cc1. The van der Waals surface area contributed by atoms with Gasteiger partial charge in [0.05, 0.1) is 11.1 Å². The van der Waals surface area contributed by atoms with Crippen LogP contribution >= 0.6 is 0 Å². The van der Waals surface area contributed by atoms with Gasteiger partial charge in [-0.25, -0.2) is 15.0 Å². The summed E-state index contributed by atoms with van der Waals surface area (Å²) in [5, 5.41) is 0.757. The van der Waals surface area contributed by atoms with Crippen LogP contribution in [0.1, 0.15) is 0 Å². The van der Waals surface area contributed by atoms with Crippen molar-refractivity contribution in [1.82, 2.24) is 15.0 Å². The predicted molar refractivity (Wildman–Crippen MR) is 121 cm³/mol. The van der Waals surface area contributed by atoms with Crippen molar-refractivity contribution in [2.45, 2.75) is 0 Å². The normalized spacial score (nSPS) is 10.9. The first-order valence-corrected chi connectivity index (χ1v) is 9.42. The minimum Gasteiger partial charge on any atom is -0.383 e. The number of aromatic nitrogens is 3. The minimum absolute atomic E-state index is 0.434. The fourth-order valence-electron chi connectivity index (χ4n) is 3.16. The minimum atomic E-state index is 0.434. The van der Waals surface area contributed by atoms with E-state index in [4.69, 9.17) is 10.7 Å². The van der Waals surface area contributed by atoms with Gasteiger partial charge in [-0.05, 0) is 48.5 Å². The summed E-state index contributed by atoms with van der Waals surface area (Å²) in [5.74, 6) is 1.01. The van der Waals surface area contributed by atoms with Crippen molar-refractivity contribution < 1.29 is 0 Å². The number of nitrogen functional groups attached to an aromatic ring is 1. The smallest absolute Gasteiger partial charge is 0.165 e. The number of hydrogen-bond donors (Lipinski definition) is 1. The van der Waals surface area contributed by atoms with Gasteiger partial charge in [-0.3, -0.25) is 0 Å². The maximum atomic E-state index is 6.21. The van der Waals surface area contributed by atoms with Crippen LogP contribution in [-0.4, -0.2) is 43.1 Å². The Labute approximate surface area is 170 Å². The average Bonchev–Trinajstić information content (AvgIpc) is 2.73.